The molecule has 0 saturated heterocycles. The molecule has 11 heteroatoms. The molecule has 2 atom stereocenters. The van der Waals surface area contributed by atoms with E-state index in [0.29, 0.717) is 26.4 Å². The summed E-state index contributed by atoms with van der Waals surface area (Å²) in [4.78, 5) is 48.9. The van der Waals surface area contributed by atoms with Gasteiger partial charge in [-0.15, -0.1) is 0 Å². The van der Waals surface area contributed by atoms with Crippen LogP contribution >= 0.6 is 0 Å². The smallest absolute Gasteiger partial charge is 0.407 e. The van der Waals surface area contributed by atoms with E-state index in [4.69, 9.17) is 14.2 Å². The third kappa shape index (κ3) is 12.4. The van der Waals surface area contributed by atoms with Crippen LogP contribution in [0, 0.1) is 0 Å². The predicted octanol–water partition coefficient (Wildman–Crippen LogP) is 2.07. The van der Waals surface area contributed by atoms with Crippen LogP contribution in [-0.4, -0.2) is 81.0 Å². The third-order valence-electron chi connectivity index (χ3n) is 5.59. The SMILES string of the molecule is CC(NC(=O)Cc1cccc2ccccc12)C(=O)NC(C)C(=O)NCCOCCOCCNC(=O)OC(C)(C)C. The lowest BCUT2D eigenvalue weighted by atomic mass is 10.0. The molecule has 11 nitrogen and oxygen atoms in total. The van der Waals surface area contributed by atoms with Crippen LogP contribution in [0.25, 0.3) is 10.8 Å². The molecule has 220 valence electrons. The van der Waals surface area contributed by atoms with E-state index in [-0.39, 0.29) is 31.4 Å². The highest BCUT2D eigenvalue weighted by Crippen LogP contribution is 2.18. The van der Waals surface area contributed by atoms with Gasteiger partial charge in [-0.2, -0.15) is 0 Å². The van der Waals surface area contributed by atoms with Crippen LogP contribution in [0.15, 0.2) is 42.5 Å². The third-order valence-corrected chi connectivity index (χ3v) is 5.59. The number of alkyl carbamates (subject to hydrolysis) is 1. The lowest BCUT2D eigenvalue weighted by molar-refractivity contribution is -0.131. The standard InChI is InChI=1S/C29H42N4O7/c1-20(26(35)30-13-15-38-17-18-39-16-14-31-28(37)40-29(3,4)5)33-27(36)21(2)32-25(34)19-23-11-8-10-22-9-6-7-12-24(22)23/h6-12,20-21H,13-19H2,1-5H3,(H,30,35)(H,31,37)(H,32,34)(H,33,36). The van der Waals surface area contributed by atoms with Crippen molar-refractivity contribution in [2.24, 2.45) is 0 Å². The number of amides is 4. The van der Waals surface area contributed by atoms with Gasteiger partial charge in [-0.1, -0.05) is 42.5 Å². The van der Waals surface area contributed by atoms with Gasteiger partial charge in [-0.05, 0) is 51.0 Å². The first-order chi connectivity index (χ1) is 19.0. The second-order valence-corrected chi connectivity index (χ2v) is 10.3. The van der Waals surface area contributed by atoms with Crippen LogP contribution in [0.2, 0.25) is 0 Å². The molecular weight excluding hydrogens is 516 g/mol. The van der Waals surface area contributed by atoms with Gasteiger partial charge in [0.15, 0.2) is 0 Å². The molecule has 0 spiro atoms. The Hall–Kier alpha value is -3.70. The van der Waals surface area contributed by atoms with E-state index < -0.39 is 29.7 Å². The van der Waals surface area contributed by atoms with E-state index in [1.807, 2.05) is 42.5 Å². The molecule has 40 heavy (non-hydrogen) atoms. The monoisotopic (exact) mass is 558 g/mol. The molecule has 0 bridgehead atoms. The molecular formula is C29H42N4O7. The fraction of sp³-hybridized carbons (Fsp3) is 0.517. The van der Waals surface area contributed by atoms with Crippen molar-refractivity contribution in [2.75, 3.05) is 39.5 Å². The number of benzene rings is 2. The van der Waals surface area contributed by atoms with Crippen molar-refractivity contribution in [3.05, 3.63) is 48.0 Å². The summed E-state index contributed by atoms with van der Waals surface area (Å²) in [5.41, 5.74) is 0.326. The fourth-order valence-corrected chi connectivity index (χ4v) is 3.64. The summed E-state index contributed by atoms with van der Waals surface area (Å²) in [6, 6.07) is 12.0. The molecule has 4 N–H and O–H groups in total. The molecule has 4 amide bonds. The number of nitrogens with one attached hydrogen (secondary N) is 4. The van der Waals surface area contributed by atoms with Gasteiger partial charge in [0.1, 0.15) is 17.7 Å². The van der Waals surface area contributed by atoms with E-state index in [0.717, 1.165) is 16.3 Å². The minimum Gasteiger partial charge on any atom is -0.444 e. The Labute approximate surface area is 235 Å². The van der Waals surface area contributed by atoms with Crippen molar-refractivity contribution < 1.29 is 33.4 Å². The Morgan fingerprint density at radius 2 is 1.35 bits per heavy atom. The average molecular weight is 559 g/mol. The van der Waals surface area contributed by atoms with Gasteiger partial charge in [0.25, 0.3) is 0 Å². The Morgan fingerprint density at radius 1 is 0.750 bits per heavy atom. The highest BCUT2D eigenvalue weighted by atomic mass is 16.6. The number of hydrogen-bond acceptors (Lipinski definition) is 7. The predicted molar refractivity (Wildman–Crippen MR) is 152 cm³/mol. The lowest BCUT2D eigenvalue weighted by Gasteiger charge is -2.19. The summed E-state index contributed by atoms with van der Waals surface area (Å²) in [5.74, 6) is -1.10. The van der Waals surface area contributed by atoms with Crippen molar-refractivity contribution >= 4 is 34.6 Å². The van der Waals surface area contributed by atoms with E-state index in [2.05, 4.69) is 21.3 Å². The Bertz CT molecular complexity index is 1130. The highest BCUT2D eigenvalue weighted by molar-refractivity contribution is 5.94. The number of rotatable bonds is 15. The van der Waals surface area contributed by atoms with E-state index in [1.54, 1.807) is 34.6 Å². The normalized spacial score (nSPS) is 12.7. The summed E-state index contributed by atoms with van der Waals surface area (Å²) in [7, 11) is 0. The van der Waals surface area contributed by atoms with Crippen LogP contribution in [-0.2, 0) is 35.0 Å². The summed E-state index contributed by atoms with van der Waals surface area (Å²) in [5, 5.41) is 12.6. The molecule has 0 fully saturated rings. The second kappa shape index (κ2) is 16.4. The van der Waals surface area contributed by atoms with E-state index in [1.165, 1.54) is 0 Å². The first-order valence-corrected chi connectivity index (χ1v) is 13.4. The number of ether oxygens (including phenoxy) is 3. The maximum Gasteiger partial charge on any atom is 0.407 e. The molecule has 2 aromatic rings. The maximum absolute atomic E-state index is 12.5. The molecule has 2 rings (SSSR count). The number of fused-ring (bicyclic) bond motifs is 1. The summed E-state index contributed by atoms with van der Waals surface area (Å²) < 4.78 is 15.9. The fourth-order valence-electron chi connectivity index (χ4n) is 3.64. The zero-order valence-electron chi connectivity index (χ0n) is 24.0. The topological polar surface area (TPSA) is 144 Å². The Morgan fingerprint density at radius 3 is 2.02 bits per heavy atom. The van der Waals surface area contributed by atoms with E-state index >= 15 is 0 Å². The van der Waals surface area contributed by atoms with Gasteiger partial charge in [0.05, 0.1) is 32.8 Å². The van der Waals surface area contributed by atoms with Crippen LogP contribution in [0.1, 0.15) is 40.2 Å². The van der Waals surface area contributed by atoms with Crippen molar-refractivity contribution in [1.82, 2.24) is 21.3 Å². The highest BCUT2D eigenvalue weighted by Gasteiger charge is 2.21. The van der Waals surface area contributed by atoms with E-state index in [9.17, 15) is 19.2 Å². The number of hydrogen-bond donors (Lipinski definition) is 4. The minimum atomic E-state index is -0.805. The second-order valence-electron chi connectivity index (χ2n) is 10.3. The maximum atomic E-state index is 12.5. The van der Waals surface area contributed by atoms with Crippen molar-refractivity contribution in [1.29, 1.82) is 0 Å². The van der Waals surface area contributed by atoms with Gasteiger partial charge >= 0.3 is 6.09 Å². The molecule has 2 unspecified atom stereocenters. The minimum absolute atomic E-state index is 0.142. The van der Waals surface area contributed by atoms with Crippen molar-refractivity contribution in [3.63, 3.8) is 0 Å². The summed E-state index contributed by atoms with van der Waals surface area (Å²) >= 11 is 0. The molecule has 0 aliphatic heterocycles. The quantitative estimate of drug-likeness (QED) is 0.245. The first-order valence-electron chi connectivity index (χ1n) is 13.4. The van der Waals surface area contributed by atoms with Crippen LogP contribution < -0.4 is 21.3 Å². The molecule has 0 aliphatic carbocycles. The summed E-state index contributed by atoms with van der Waals surface area (Å²) in [6.45, 7) is 10.3. The molecule has 0 aromatic heterocycles. The summed E-state index contributed by atoms with van der Waals surface area (Å²) in [6.07, 6.45) is -0.354. The largest absolute Gasteiger partial charge is 0.444 e. The number of carbonyl (C=O) groups is 4. The number of carbonyl (C=O) groups excluding carboxylic acids is 4. The molecule has 2 aromatic carbocycles. The van der Waals surface area contributed by atoms with Crippen molar-refractivity contribution in [3.8, 4) is 0 Å². The van der Waals surface area contributed by atoms with Gasteiger partial charge < -0.3 is 35.5 Å². The van der Waals surface area contributed by atoms with Gasteiger partial charge in [-0.25, -0.2) is 4.79 Å². The zero-order valence-corrected chi connectivity index (χ0v) is 24.0. The molecule has 0 saturated carbocycles. The van der Waals surface area contributed by atoms with Crippen LogP contribution in [0.3, 0.4) is 0 Å². The Balaban J connectivity index is 1.56. The lowest BCUT2D eigenvalue weighted by Crippen LogP contribution is -2.52. The van der Waals surface area contributed by atoms with Crippen LogP contribution in [0.5, 0.6) is 0 Å². The van der Waals surface area contributed by atoms with Gasteiger partial charge in [0, 0.05) is 13.1 Å². The first kappa shape index (κ1) is 32.5. The van der Waals surface area contributed by atoms with Crippen molar-refractivity contribution in [2.45, 2.75) is 58.7 Å². The molecule has 0 radical (unpaired) electrons. The molecule has 0 aliphatic rings. The zero-order chi connectivity index (χ0) is 29.5. The van der Waals surface area contributed by atoms with Crippen LogP contribution in [0.4, 0.5) is 4.79 Å². The van der Waals surface area contributed by atoms with Gasteiger partial charge in [0.2, 0.25) is 17.7 Å². The average Bonchev–Trinajstić information content (AvgIpc) is 2.88. The molecule has 0 heterocycles. The van der Waals surface area contributed by atoms with Gasteiger partial charge in [-0.3, -0.25) is 14.4 Å². The Kier molecular flexibility index (Phi) is 13.3.